The van der Waals surface area contributed by atoms with Gasteiger partial charge in [-0.05, 0) is 42.3 Å². The summed E-state index contributed by atoms with van der Waals surface area (Å²) in [7, 11) is 1.83. The molecule has 0 atom stereocenters. The van der Waals surface area contributed by atoms with E-state index in [1.165, 1.54) is 12.1 Å². The smallest absolute Gasteiger partial charge is 0.267 e. The Labute approximate surface area is 138 Å². The maximum Gasteiger partial charge on any atom is 0.267 e. The number of hydrogen-bond donors (Lipinski definition) is 1. The number of fused-ring (bicyclic) bond motifs is 1. The molecular weight excluding hydrogens is 315 g/mol. The van der Waals surface area contributed by atoms with Crippen LogP contribution in [0.5, 0.6) is 0 Å². The average molecular weight is 331 g/mol. The molecule has 1 heterocycles. The molecule has 2 aromatic carbocycles. The Hall–Kier alpha value is -2.33. The minimum atomic E-state index is -0.264. The predicted molar refractivity (Wildman–Crippen MR) is 90.4 cm³/mol. The summed E-state index contributed by atoms with van der Waals surface area (Å²) in [5, 5.41) is 4.47. The molecule has 1 aromatic heterocycles. The van der Waals surface area contributed by atoms with Crippen molar-refractivity contribution in [3.63, 3.8) is 0 Å². The first-order chi connectivity index (χ1) is 11.0. The molecular formula is C18H16ClFN2O. The largest absolute Gasteiger partial charge is 0.350 e. The van der Waals surface area contributed by atoms with Gasteiger partial charge in [0.1, 0.15) is 11.5 Å². The van der Waals surface area contributed by atoms with E-state index in [0.717, 1.165) is 16.5 Å². The van der Waals surface area contributed by atoms with Crippen molar-refractivity contribution in [1.82, 2.24) is 9.88 Å². The van der Waals surface area contributed by atoms with Crippen LogP contribution in [0.4, 0.5) is 4.39 Å². The van der Waals surface area contributed by atoms with Crippen molar-refractivity contribution in [2.45, 2.75) is 6.42 Å². The molecule has 118 valence electrons. The van der Waals surface area contributed by atoms with Gasteiger partial charge in [0.15, 0.2) is 0 Å². The van der Waals surface area contributed by atoms with Crippen LogP contribution in [0.3, 0.4) is 0 Å². The van der Waals surface area contributed by atoms with Crippen LogP contribution in [-0.2, 0) is 13.5 Å². The van der Waals surface area contributed by atoms with Crippen LogP contribution in [0.15, 0.2) is 48.5 Å². The number of nitrogens with one attached hydrogen (secondary N) is 1. The predicted octanol–water partition coefficient (Wildman–Crippen LogP) is 3.94. The van der Waals surface area contributed by atoms with Crippen molar-refractivity contribution in [2.75, 3.05) is 6.54 Å². The van der Waals surface area contributed by atoms with Gasteiger partial charge in [-0.25, -0.2) is 4.39 Å². The van der Waals surface area contributed by atoms with Crippen molar-refractivity contribution < 1.29 is 9.18 Å². The number of halogens is 2. The number of rotatable bonds is 4. The fraction of sp³-hybridized carbons (Fsp3) is 0.167. The van der Waals surface area contributed by atoms with Gasteiger partial charge < -0.3 is 9.88 Å². The second-order valence-electron chi connectivity index (χ2n) is 5.43. The Morgan fingerprint density at radius 2 is 2.04 bits per heavy atom. The van der Waals surface area contributed by atoms with Gasteiger partial charge in [0.05, 0.1) is 0 Å². The van der Waals surface area contributed by atoms with E-state index >= 15 is 0 Å². The average Bonchev–Trinajstić information content (AvgIpc) is 2.84. The van der Waals surface area contributed by atoms with Crippen LogP contribution in [0, 0.1) is 5.82 Å². The minimum Gasteiger partial charge on any atom is -0.350 e. The van der Waals surface area contributed by atoms with Gasteiger partial charge in [0.2, 0.25) is 0 Å². The highest BCUT2D eigenvalue weighted by atomic mass is 35.5. The summed E-state index contributed by atoms with van der Waals surface area (Å²) in [5.41, 5.74) is 2.34. The van der Waals surface area contributed by atoms with Gasteiger partial charge in [-0.2, -0.15) is 0 Å². The molecule has 0 aliphatic rings. The number of benzene rings is 2. The highest BCUT2D eigenvalue weighted by Crippen LogP contribution is 2.22. The first-order valence-corrected chi connectivity index (χ1v) is 7.70. The third kappa shape index (κ3) is 3.37. The van der Waals surface area contributed by atoms with Crippen molar-refractivity contribution in [3.05, 3.63) is 70.6 Å². The Kier molecular flexibility index (Phi) is 4.35. The monoisotopic (exact) mass is 330 g/mol. The van der Waals surface area contributed by atoms with Gasteiger partial charge in [0.25, 0.3) is 5.91 Å². The third-order valence-corrected chi connectivity index (χ3v) is 4.06. The molecule has 3 rings (SSSR count). The van der Waals surface area contributed by atoms with E-state index < -0.39 is 0 Å². The second kappa shape index (κ2) is 6.42. The molecule has 3 nitrogen and oxygen atoms in total. The maximum absolute atomic E-state index is 13.1. The fourth-order valence-electron chi connectivity index (χ4n) is 2.62. The van der Waals surface area contributed by atoms with E-state index in [1.807, 2.05) is 35.9 Å². The number of aryl methyl sites for hydroxylation is 1. The number of nitrogens with zero attached hydrogens (tertiary/aromatic N) is 1. The zero-order chi connectivity index (χ0) is 16.4. The lowest BCUT2D eigenvalue weighted by Gasteiger charge is -2.07. The Bertz CT molecular complexity index is 873. The molecule has 23 heavy (non-hydrogen) atoms. The summed E-state index contributed by atoms with van der Waals surface area (Å²) >= 11 is 6.00. The topological polar surface area (TPSA) is 34.0 Å². The second-order valence-corrected chi connectivity index (χ2v) is 5.86. The number of hydrogen-bond acceptors (Lipinski definition) is 1. The van der Waals surface area contributed by atoms with Crippen LogP contribution in [0.25, 0.3) is 10.9 Å². The van der Waals surface area contributed by atoms with Crippen LogP contribution >= 0.6 is 11.6 Å². The molecule has 0 saturated heterocycles. The normalized spacial score (nSPS) is 10.9. The summed E-state index contributed by atoms with van der Waals surface area (Å²) in [5.74, 6) is -0.421. The van der Waals surface area contributed by atoms with Gasteiger partial charge in [0, 0.05) is 29.5 Å². The van der Waals surface area contributed by atoms with Crippen molar-refractivity contribution in [3.8, 4) is 0 Å². The lowest BCUT2D eigenvalue weighted by atomic mass is 10.1. The van der Waals surface area contributed by atoms with Crippen LogP contribution in [0.1, 0.15) is 16.1 Å². The SMILES string of the molecule is Cn1c(C(=O)NCCc2cccc(F)c2)cc2ccc(Cl)cc21. The molecule has 1 amide bonds. The standard InChI is InChI=1S/C18H16ClFN2O/c1-22-16-11-14(19)6-5-13(16)10-17(22)18(23)21-8-7-12-3-2-4-15(20)9-12/h2-6,9-11H,7-8H2,1H3,(H,21,23). The zero-order valence-corrected chi connectivity index (χ0v) is 13.4. The van der Waals surface area contributed by atoms with Crippen LogP contribution in [0.2, 0.25) is 5.02 Å². The fourth-order valence-corrected chi connectivity index (χ4v) is 2.79. The molecule has 0 fully saturated rings. The van der Waals surface area contributed by atoms with E-state index in [9.17, 15) is 9.18 Å². The summed E-state index contributed by atoms with van der Waals surface area (Å²) in [6.45, 7) is 0.449. The highest BCUT2D eigenvalue weighted by molar-refractivity contribution is 6.31. The third-order valence-electron chi connectivity index (χ3n) is 3.83. The first kappa shape index (κ1) is 15.6. The van der Waals surface area contributed by atoms with Crippen molar-refractivity contribution >= 4 is 28.4 Å². The van der Waals surface area contributed by atoms with Crippen LogP contribution in [-0.4, -0.2) is 17.0 Å². The number of aromatic nitrogens is 1. The minimum absolute atomic E-state index is 0.156. The molecule has 3 aromatic rings. The van der Waals surface area contributed by atoms with Gasteiger partial charge in [-0.3, -0.25) is 4.79 Å². The number of amides is 1. The maximum atomic E-state index is 13.1. The number of carbonyl (C=O) groups excluding carboxylic acids is 1. The first-order valence-electron chi connectivity index (χ1n) is 7.32. The number of carbonyl (C=O) groups is 1. The molecule has 0 saturated carbocycles. The molecule has 0 spiro atoms. The molecule has 1 N–H and O–H groups in total. The Morgan fingerprint density at radius 3 is 2.83 bits per heavy atom. The van der Waals surface area contributed by atoms with E-state index in [0.29, 0.717) is 23.7 Å². The Balaban J connectivity index is 1.70. The lowest BCUT2D eigenvalue weighted by molar-refractivity contribution is 0.0946. The van der Waals surface area contributed by atoms with E-state index in [2.05, 4.69) is 5.32 Å². The lowest BCUT2D eigenvalue weighted by Crippen LogP contribution is -2.27. The van der Waals surface area contributed by atoms with Gasteiger partial charge in [-0.1, -0.05) is 29.8 Å². The van der Waals surface area contributed by atoms with Gasteiger partial charge in [-0.15, -0.1) is 0 Å². The van der Waals surface area contributed by atoms with E-state index in [-0.39, 0.29) is 11.7 Å². The van der Waals surface area contributed by atoms with Gasteiger partial charge >= 0.3 is 0 Å². The highest BCUT2D eigenvalue weighted by Gasteiger charge is 2.13. The Morgan fingerprint density at radius 1 is 1.22 bits per heavy atom. The molecule has 0 unspecified atom stereocenters. The molecule has 5 heteroatoms. The summed E-state index contributed by atoms with van der Waals surface area (Å²) in [4.78, 5) is 12.3. The summed E-state index contributed by atoms with van der Waals surface area (Å²) in [6, 6.07) is 13.8. The summed E-state index contributed by atoms with van der Waals surface area (Å²) in [6.07, 6.45) is 0.583. The quantitative estimate of drug-likeness (QED) is 0.772. The molecule has 0 aliphatic carbocycles. The zero-order valence-electron chi connectivity index (χ0n) is 12.6. The molecule has 0 radical (unpaired) electrons. The van der Waals surface area contributed by atoms with Crippen molar-refractivity contribution in [1.29, 1.82) is 0 Å². The van der Waals surface area contributed by atoms with Crippen molar-refractivity contribution in [2.24, 2.45) is 7.05 Å². The van der Waals surface area contributed by atoms with E-state index in [4.69, 9.17) is 11.6 Å². The van der Waals surface area contributed by atoms with E-state index in [1.54, 1.807) is 12.1 Å². The summed E-state index contributed by atoms with van der Waals surface area (Å²) < 4.78 is 14.9. The van der Waals surface area contributed by atoms with Crippen LogP contribution < -0.4 is 5.32 Å². The molecule has 0 bridgehead atoms. The molecule has 0 aliphatic heterocycles.